The quantitative estimate of drug-likeness (QED) is 0.596. The maximum atomic E-state index is 2.37. The van der Waals surface area contributed by atoms with Crippen LogP contribution in [0, 0.1) is 12.8 Å². The van der Waals surface area contributed by atoms with E-state index in [2.05, 4.69) is 87.5 Å². The second-order valence-corrected chi connectivity index (χ2v) is 7.40. The number of fused-ring (bicyclic) bond motifs is 1. The van der Waals surface area contributed by atoms with Crippen LogP contribution in [-0.2, 0) is 0 Å². The summed E-state index contributed by atoms with van der Waals surface area (Å²) in [5.41, 5.74) is 9.77. The van der Waals surface area contributed by atoms with E-state index in [0.29, 0.717) is 11.8 Å². The highest BCUT2D eigenvalue weighted by molar-refractivity contribution is 5.87. The molecule has 4 rings (SSSR count). The summed E-state index contributed by atoms with van der Waals surface area (Å²) in [5, 5.41) is 0. The van der Waals surface area contributed by atoms with E-state index in [1.807, 2.05) is 0 Å². The second kappa shape index (κ2) is 5.94. The Balaban J connectivity index is 1.56. The molecule has 0 N–H and O–H groups in total. The predicted molar refractivity (Wildman–Crippen MR) is 105 cm³/mol. The van der Waals surface area contributed by atoms with Crippen LogP contribution in [0.2, 0.25) is 0 Å². The van der Waals surface area contributed by atoms with Gasteiger partial charge in [-0.3, -0.25) is 0 Å². The lowest BCUT2D eigenvalue weighted by Gasteiger charge is -2.16. The largest absolute Gasteiger partial charge is 0.0761 e. The lowest BCUT2D eigenvalue weighted by atomic mass is 9.89. The van der Waals surface area contributed by atoms with Crippen LogP contribution in [0.1, 0.15) is 54.0 Å². The summed E-state index contributed by atoms with van der Waals surface area (Å²) in [4.78, 5) is 0. The van der Waals surface area contributed by atoms with Crippen molar-refractivity contribution in [3.8, 4) is 0 Å². The van der Waals surface area contributed by atoms with E-state index in [-0.39, 0.29) is 0 Å². The predicted octanol–water partition coefficient (Wildman–Crippen LogP) is 6.63. The van der Waals surface area contributed by atoms with Gasteiger partial charge in [-0.25, -0.2) is 0 Å². The Morgan fingerprint density at radius 2 is 1.67 bits per heavy atom. The molecule has 2 aliphatic rings. The van der Waals surface area contributed by atoms with Gasteiger partial charge in [-0.15, -0.1) is 0 Å². The zero-order valence-corrected chi connectivity index (χ0v) is 14.7. The van der Waals surface area contributed by atoms with Gasteiger partial charge in [0.15, 0.2) is 0 Å². The van der Waals surface area contributed by atoms with Gasteiger partial charge in [-0.1, -0.05) is 80.1 Å². The molecule has 24 heavy (non-hydrogen) atoms. The van der Waals surface area contributed by atoms with Crippen molar-refractivity contribution >= 4 is 17.2 Å². The molecule has 2 aromatic carbocycles. The molecule has 0 saturated heterocycles. The normalized spacial score (nSPS) is 18.8. The van der Waals surface area contributed by atoms with E-state index in [0.717, 1.165) is 6.42 Å². The van der Waals surface area contributed by atoms with Crippen molar-refractivity contribution in [1.29, 1.82) is 0 Å². The van der Waals surface area contributed by atoms with E-state index >= 15 is 0 Å². The van der Waals surface area contributed by atoms with Crippen LogP contribution in [0.25, 0.3) is 17.2 Å². The molecule has 2 aromatic rings. The third-order valence-electron chi connectivity index (χ3n) is 5.27. The summed E-state index contributed by atoms with van der Waals surface area (Å²) < 4.78 is 0. The van der Waals surface area contributed by atoms with E-state index in [1.165, 1.54) is 39.0 Å². The van der Waals surface area contributed by atoms with Crippen LogP contribution in [0.3, 0.4) is 0 Å². The second-order valence-electron chi connectivity index (χ2n) is 7.40. The Labute approximate surface area is 145 Å². The highest BCUT2D eigenvalue weighted by Gasteiger charge is 2.21. The van der Waals surface area contributed by atoms with Crippen molar-refractivity contribution in [3.05, 3.63) is 88.5 Å². The average Bonchev–Trinajstić information content (AvgIpc) is 3.21. The zero-order valence-electron chi connectivity index (χ0n) is 14.7. The molecule has 0 spiro atoms. The van der Waals surface area contributed by atoms with E-state index < -0.39 is 0 Å². The summed E-state index contributed by atoms with van der Waals surface area (Å²) in [6.07, 6.45) is 10.3. The average molecular weight is 312 g/mol. The third kappa shape index (κ3) is 2.67. The van der Waals surface area contributed by atoms with Crippen LogP contribution in [0.4, 0.5) is 0 Å². The molecule has 1 unspecified atom stereocenters. The lowest BCUT2D eigenvalue weighted by molar-refractivity contribution is 0.584. The van der Waals surface area contributed by atoms with Gasteiger partial charge in [0.05, 0.1) is 0 Å². The molecule has 2 aliphatic carbocycles. The first kappa shape index (κ1) is 15.2. The molecule has 0 radical (unpaired) electrons. The van der Waals surface area contributed by atoms with Crippen molar-refractivity contribution in [2.45, 2.75) is 33.1 Å². The first-order valence-corrected chi connectivity index (χ1v) is 8.91. The van der Waals surface area contributed by atoms with Crippen LogP contribution in [-0.4, -0.2) is 0 Å². The molecule has 0 nitrogen and oxygen atoms in total. The van der Waals surface area contributed by atoms with Gasteiger partial charge in [0, 0.05) is 5.92 Å². The van der Waals surface area contributed by atoms with Gasteiger partial charge in [-0.05, 0) is 58.7 Å². The third-order valence-corrected chi connectivity index (χ3v) is 5.27. The molecule has 0 amide bonds. The molecule has 0 aromatic heterocycles. The summed E-state index contributed by atoms with van der Waals surface area (Å²) in [5.74, 6) is 1.24. The molecule has 1 atom stereocenters. The molecule has 0 bridgehead atoms. The van der Waals surface area contributed by atoms with Gasteiger partial charge in [0.1, 0.15) is 0 Å². The fourth-order valence-electron chi connectivity index (χ4n) is 3.88. The SMILES string of the molecule is Cc1cccc(C2=CC=C(c3ccc4c(c3)C=CC4C(C)C)C2)c1. The topological polar surface area (TPSA) is 0 Å². The number of hydrogen-bond donors (Lipinski definition) is 0. The Hall–Kier alpha value is -2.34. The van der Waals surface area contributed by atoms with E-state index in [1.54, 1.807) is 0 Å². The summed E-state index contributed by atoms with van der Waals surface area (Å²) >= 11 is 0. The fourth-order valence-corrected chi connectivity index (χ4v) is 3.88. The van der Waals surface area contributed by atoms with Crippen molar-refractivity contribution < 1.29 is 0 Å². The Bertz CT molecular complexity index is 875. The Morgan fingerprint density at radius 3 is 2.38 bits per heavy atom. The number of allylic oxidation sites excluding steroid dienone is 5. The summed E-state index contributed by atoms with van der Waals surface area (Å²) in [6, 6.07) is 15.8. The molecular weight excluding hydrogens is 288 g/mol. The van der Waals surface area contributed by atoms with Crippen molar-refractivity contribution in [1.82, 2.24) is 0 Å². The highest BCUT2D eigenvalue weighted by atomic mass is 14.3. The molecule has 0 fully saturated rings. The number of benzene rings is 2. The fraction of sp³-hybridized carbons (Fsp3) is 0.250. The zero-order chi connectivity index (χ0) is 16.7. The van der Waals surface area contributed by atoms with Gasteiger partial charge >= 0.3 is 0 Å². The molecule has 0 saturated carbocycles. The number of rotatable bonds is 3. The Kier molecular flexibility index (Phi) is 3.76. The van der Waals surface area contributed by atoms with Gasteiger partial charge in [0.2, 0.25) is 0 Å². The van der Waals surface area contributed by atoms with Crippen LogP contribution < -0.4 is 0 Å². The molecule has 120 valence electrons. The maximum Gasteiger partial charge on any atom is 0.00502 e. The molecule has 0 aliphatic heterocycles. The van der Waals surface area contributed by atoms with Crippen molar-refractivity contribution in [3.63, 3.8) is 0 Å². The minimum Gasteiger partial charge on any atom is -0.0761 e. The summed E-state index contributed by atoms with van der Waals surface area (Å²) in [6.45, 7) is 6.76. The summed E-state index contributed by atoms with van der Waals surface area (Å²) in [7, 11) is 0. The first-order valence-electron chi connectivity index (χ1n) is 8.91. The molecule has 0 heteroatoms. The maximum absolute atomic E-state index is 2.37. The van der Waals surface area contributed by atoms with Crippen LogP contribution >= 0.6 is 0 Å². The number of hydrogen-bond acceptors (Lipinski definition) is 0. The first-order chi connectivity index (χ1) is 11.6. The lowest BCUT2D eigenvalue weighted by Crippen LogP contribution is -2.01. The Morgan fingerprint density at radius 1 is 0.917 bits per heavy atom. The van der Waals surface area contributed by atoms with Gasteiger partial charge in [0.25, 0.3) is 0 Å². The smallest absolute Gasteiger partial charge is 0.00502 e. The van der Waals surface area contributed by atoms with Crippen LogP contribution in [0.15, 0.2) is 60.7 Å². The number of aryl methyl sites for hydroxylation is 1. The minimum atomic E-state index is 0.576. The standard InChI is InChI=1S/C24H24/c1-16(2)23-11-10-22-15-21(9-12-24(22)23)20-8-7-19(14-20)18-6-4-5-17(3)13-18/h4-13,15-16,23H,14H2,1-3H3. The van der Waals surface area contributed by atoms with Crippen molar-refractivity contribution in [2.24, 2.45) is 5.92 Å². The van der Waals surface area contributed by atoms with Gasteiger partial charge in [-0.2, -0.15) is 0 Å². The molecular formula is C24H24. The van der Waals surface area contributed by atoms with E-state index in [4.69, 9.17) is 0 Å². The monoisotopic (exact) mass is 312 g/mol. The van der Waals surface area contributed by atoms with Gasteiger partial charge < -0.3 is 0 Å². The molecule has 0 heterocycles. The van der Waals surface area contributed by atoms with E-state index in [9.17, 15) is 0 Å². The minimum absolute atomic E-state index is 0.576. The van der Waals surface area contributed by atoms with Crippen LogP contribution in [0.5, 0.6) is 0 Å². The van der Waals surface area contributed by atoms with Crippen molar-refractivity contribution in [2.75, 3.05) is 0 Å². The highest BCUT2D eigenvalue weighted by Crippen LogP contribution is 2.39.